The molecule has 1 aliphatic rings. The van der Waals surface area contributed by atoms with Gasteiger partial charge in [-0.05, 0) is 86.7 Å². The smallest absolute Gasteiger partial charge is 0.337 e. The number of carbonyl (C=O) groups is 1. The van der Waals surface area contributed by atoms with Crippen LogP contribution in [0.2, 0.25) is 0 Å². The molecule has 0 saturated heterocycles. The van der Waals surface area contributed by atoms with E-state index in [2.05, 4.69) is 6.07 Å². The average molecular weight is 433 g/mol. The maximum Gasteiger partial charge on any atom is 0.337 e. The number of rotatable bonds is 6. The topological polar surface area (TPSA) is 65.0 Å². The molecule has 1 aliphatic heterocycles. The van der Waals surface area contributed by atoms with Gasteiger partial charge in [-0.25, -0.2) is 4.79 Å². The second kappa shape index (κ2) is 9.05. The quantitative estimate of drug-likeness (QED) is 0.487. The van der Waals surface area contributed by atoms with Crippen LogP contribution in [0.5, 0.6) is 17.2 Å². The van der Waals surface area contributed by atoms with Gasteiger partial charge in [0.05, 0.1) is 12.2 Å². The van der Waals surface area contributed by atoms with Gasteiger partial charge in [0.2, 0.25) is 0 Å². The third kappa shape index (κ3) is 5.11. The van der Waals surface area contributed by atoms with Crippen molar-refractivity contribution in [1.82, 2.24) is 0 Å². The van der Waals surface area contributed by atoms with Crippen LogP contribution >= 0.6 is 0 Å². The minimum atomic E-state index is -1.11. The van der Waals surface area contributed by atoms with Crippen LogP contribution in [0.3, 0.4) is 0 Å². The van der Waals surface area contributed by atoms with Crippen molar-refractivity contribution in [3.05, 3.63) is 77.9 Å². The van der Waals surface area contributed by atoms with Crippen LogP contribution in [0.1, 0.15) is 44.4 Å². The van der Waals surface area contributed by atoms with E-state index in [-0.39, 0.29) is 0 Å². The Hall–Kier alpha value is -3.31. The van der Waals surface area contributed by atoms with E-state index in [1.807, 2.05) is 69.3 Å². The third-order valence-electron chi connectivity index (χ3n) is 5.20. The predicted molar refractivity (Wildman–Crippen MR) is 123 cm³/mol. The maximum atomic E-state index is 12.2. The molecule has 3 aromatic rings. The Morgan fingerprint density at radius 3 is 2.50 bits per heavy atom. The Kier molecular flexibility index (Phi) is 6.19. The minimum Gasteiger partial charge on any atom is -0.493 e. The highest BCUT2D eigenvalue weighted by Gasteiger charge is 2.29. The van der Waals surface area contributed by atoms with Crippen molar-refractivity contribution in [2.75, 3.05) is 6.61 Å². The number of aliphatic carboxylic acids is 1. The summed E-state index contributed by atoms with van der Waals surface area (Å²) in [6, 6.07) is 21.0. The Labute approximate surface area is 188 Å². The Bertz CT molecular complexity index is 1100. The second-order valence-electron chi connectivity index (χ2n) is 8.89. The fourth-order valence-corrected chi connectivity index (χ4v) is 3.83. The molecular formula is C27H28O5. The van der Waals surface area contributed by atoms with Crippen LogP contribution in [0.25, 0.3) is 11.1 Å². The van der Waals surface area contributed by atoms with Gasteiger partial charge in [0.25, 0.3) is 0 Å². The van der Waals surface area contributed by atoms with Gasteiger partial charge < -0.3 is 19.3 Å². The van der Waals surface area contributed by atoms with Crippen molar-refractivity contribution in [3.8, 4) is 28.4 Å². The van der Waals surface area contributed by atoms with Crippen LogP contribution in [0, 0.1) is 0 Å². The number of fused-ring (bicyclic) bond motifs is 1. The summed E-state index contributed by atoms with van der Waals surface area (Å²) in [5, 5.41) is 9.98. The minimum absolute atomic E-state index is 0.588. The average Bonchev–Trinajstić information content (AvgIpc) is 2.77. The van der Waals surface area contributed by atoms with E-state index in [1.165, 1.54) is 0 Å². The molecule has 1 unspecified atom stereocenters. The lowest BCUT2D eigenvalue weighted by molar-refractivity contribution is -0.160. The SMILES string of the molecule is CC(C)(C)OC(C(=O)O)c1ccc(Oc2ccccc2)cc1-c1ccc2c(c1)CCCO2. The molecule has 0 saturated carbocycles. The van der Waals surface area contributed by atoms with E-state index in [0.29, 0.717) is 17.1 Å². The van der Waals surface area contributed by atoms with Crippen molar-refractivity contribution in [3.63, 3.8) is 0 Å². The highest BCUT2D eigenvalue weighted by Crippen LogP contribution is 2.38. The lowest BCUT2D eigenvalue weighted by atomic mass is 9.92. The second-order valence-corrected chi connectivity index (χ2v) is 8.89. The number of carboxylic acid groups (broad SMARTS) is 1. The molecule has 4 rings (SSSR count). The molecule has 0 aliphatic carbocycles. The highest BCUT2D eigenvalue weighted by molar-refractivity contribution is 5.81. The van der Waals surface area contributed by atoms with Crippen molar-refractivity contribution in [1.29, 1.82) is 0 Å². The summed E-state index contributed by atoms with van der Waals surface area (Å²) < 4.78 is 17.7. The van der Waals surface area contributed by atoms with Gasteiger partial charge in [0, 0.05) is 5.56 Å². The van der Waals surface area contributed by atoms with Crippen LogP contribution in [0.4, 0.5) is 0 Å². The van der Waals surface area contributed by atoms with Crippen molar-refractivity contribution in [2.45, 2.75) is 45.3 Å². The molecule has 0 fully saturated rings. The van der Waals surface area contributed by atoms with Crippen LogP contribution in [-0.2, 0) is 16.0 Å². The van der Waals surface area contributed by atoms with Gasteiger partial charge in [-0.3, -0.25) is 0 Å². The Morgan fingerprint density at radius 1 is 1.00 bits per heavy atom. The summed E-state index contributed by atoms with van der Waals surface area (Å²) in [5.74, 6) is 1.20. The van der Waals surface area contributed by atoms with Gasteiger partial charge >= 0.3 is 5.97 Å². The lowest BCUT2D eigenvalue weighted by Gasteiger charge is -2.27. The monoisotopic (exact) mass is 432 g/mol. The predicted octanol–water partition coefficient (Wildman–Crippen LogP) is 6.41. The standard InChI is InChI=1S/C27H28O5/c1-27(2,3)32-25(26(28)29)22-13-12-21(31-20-9-5-4-6-10-20)17-23(22)18-11-14-24-19(16-18)8-7-15-30-24/h4-6,9-14,16-17,25H,7-8,15H2,1-3H3,(H,28,29). The molecule has 1 atom stereocenters. The van der Waals surface area contributed by atoms with E-state index >= 15 is 0 Å². The molecule has 5 nitrogen and oxygen atoms in total. The highest BCUT2D eigenvalue weighted by atomic mass is 16.5. The molecule has 1 N–H and O–H groups in total. The van der Waals surface area contributed by atoms with Crippen LogP contribution in [-0.4, -0.2) is 23.3 Å². The first-order valence-corrected chi connectivity index (χ1v) is 10.8. The molecule has 0 radical (unpaired) electrons. The number of para-hydroxylation sites is 1. The summed E-state index contributed by atoms with van der Waals surface area (Å²) >= 11 is 0. The van der Waals surface area contributed by atoms with Gasteiger partial charge in [0.15, 0.2) is 6.10 Å². The summed E-state index contributed by atoms with van der Waals surface area (Å²) in [6.07, 6.45) is 0.785. The normalized spacial score (nSPS) is 14.2. The first kappa shape index (κ1) is 21.9. The summed E-state index contributed by atoms with van der Waals surface area (Å²) in [4.78, 5) is 12.2. The number of hydrogen-bond acceptors (Lipinski definition) is 4. The Balaban J connectivity index is 1.81. The maximum absolute atomic E-state index is 12.2. The molecule has 0 bridgehead atoms. The molecule has 0 aromatic heterocycles. The molecule has 0 amide bonds. The summed E-state index contributed by atoms with van der Waals surface area (Å²) in [6.45, 7) is 6.28. The first-order chi connectivity index (χ1) is 15.3. The molecular weight excluding hydrogens is 404 g/mol. The largest absolute Gasteiger partial charge is 0.493 e. The number of ether oxygens (including phenoxy) is 3. The first-order valence-electron chi connectivity index (χ1n) is 10.8. The van der Waals surface area contributed by atoms with Gasteiger partial charge in [-0.2, -0.15) is 0 Å². The zero-order chi connectivity index (χ0) is 22.7. The van der Waals surface area contributed by atoms with Crippen LogP contribution in [0.15, 0.2) is 66.7 Å². The number of benzene rings is 3. The number of aryl methyl sites for hydroxylation is 1. The van der Waals surface area contributed by atoms with Gasteiger partial charge in [0.1, 0.15) is 17.2 Å². The van der Waals surface area contributed by atoms with E-state index in [1.54, 1.807) is 12.1 Å². The lowest BCUT2D eigenvalue weighted by Crippen LogP contribution is -2.27. The molecule has 32 heavy (non-hydrogen) atoms. The van der Waals surface area contributed by atoms with E-state index in [9.17, 15) is 9.90 Å². The van der Waals surface area contributed by atoms with Gasteiger partial charge in [-0.1, -0.05) is 30.3 Å². The molecule has 3 aromatic carbocycles. The molecule has 0 spiro atoms. The summed E-state index contributed by atoms with van der Waals surface area (Å²) in [5.41, 5.74) is 2.76. The van der Waals surface area contributed by atoms with E-state index in [4.69, 9.17) is 14.2 Å². The van der Waals surface area contributed by atoms with Gasteiger partial charge in [-0.15, -0.1) is 0 Å². The van der Waals surface area contributed by atoms with Crippen LogP contribution < -0.4 is 9.47 Å². The zero-order valence-electron chi connectivity index (χ0n) is 18.6. The van der Waals surface area contributed by atoms with Crippen molar-refractivity contribution < 1.29 is 24.1 Å². The number of hydrogen-bond donors (Lipinski definition) is 1. The molecule has 166 valence electrons. The fourth-order valence-electron chi connectivity index (χ4n) is 3.83. The number of carboxylic acids is 1. The molecule has 5 heteroatoms. The van der Waals surface area contributed by atoms with E-state index in [0.717, 1.165) is 41.9 Å². The van der Waals surface area contributed by atoms with Crippen molar-refractivity contribution in [2.24, 2.45) is 0 Å². The third-order valence-corrected chi connectivity index (χ3v) is 5.20. The van der Waals surface area contributed by atoms with E-state index < -0.39 is 17.7 Å². The zero-order valence-corrected chi connectivity index (χ0v) is 18.6. The Morgan fingerprint density at radius 2 is 1.78 bits per heavy atom. The summed E-state index contributed by atoms with van der Waals surface area (Å²) in [7, 11) is 0. The molecule has 1 heterocycles. The fraction of sp³-hybridized carbons (Fsp3) is 0.296. The van der Waals surface area contributed by atoms with Crippen molar-refractivity contribution >= 4 is 5.97 Å².